The van der Waals surface area contributed by atoms with Crippen molar-refractivity contribution in [1.29, 1.82) is 0 Å². The summed E-state index contributed by atoms with van der Waals surface area (Å²) in [7, 11) is 3.10. The number of aromatic nitrogens is 4. The third-order valence-corrected chi connectivity index (χ3v) is 7.62. The number of hydrogen-bond acceptors (Lipinski definition) is 7. The van der Waals surface area contributed by atoms with Crippen molar-refractivity contribution >= 4 is 11.5 Å². The van der Waals surface area contributed by atoms with Crippen LogP contribution in [0.2, 0.25) is 0 Å². The Balaban J connectivity index is 1.62. The molecule has 0 spiro atoms. The highest BCUT2D eigenvalue weighted by atomic mass is 16.5. The predicted molar refractivity (Wildman–Crippen MR) is 160 cm³/mol. The Labute approximate surface area is 244 Å². The molecule has 0 radical (unpaired) electrons. The van der Waals surface area contributed by atoms with E-state index in [-0.39, 0.29) is 17.9 Å². The monoisotopic (exact) mass is 571 g/mol. The quantitative estimate of drug-likeness (QED) is 0.273. The number of aryl methyl sites for hydroxylation is 4. The maximum atomic E-state index is 14.1. The second-order valence-corrected chi connectivity index (χ2v) is 10.5. The van der Waals surface area contributed by atoms with E-state index in [1.54, 1.807) is 16.2 Å². The van der Waals surface area contributed by atoms with E-state index in [1.165, 1.54) is 13.3 Å². The molecular formula is C32H37N5O5. The summed E-state index contributed by atoms with van der Waals surface area (Å²) in [5, 5.41) is 6.59. The zero-order chi connectivity index (χ0) is 30.0. The van der Waals surface area contributed by atoms with Gasteiger partial charge < -0.3 is 14.2 Å². The smallest absolute Gasteiger partial charge is 0.330 e. The molecule has 1 aliphatic rings. The van der Waals surface area contributed by atoms with Gasteiger partial charge in [-0.15, -0.1) is 0 Å². The van der Waals surface area contributed by atoms with Gasteiger partial charge in [0.15, 0.2) is 17.3 Å². The van der Waals surface area contributed by atoms with Crippen LogP contribution in [0.25, 0.3) is 11.3 Å². The molecule has 0 aliphatic carbocycles. The Hall–Kier alpha value is -4.60. The fraction of sp³-hybridized carbons (Fsp3) is 0.375. The molecule has 220 valence electrons. The molecule has 10 heteroatoms. The minimum Gasteiger partial charge on any atom is -0.493 e. The van der Waals surface area contributed by atoms with Crippen molar-refractivity contribution in [2.75, 3.05) is 20.8 Å². The van der Waals surface area contributed by atoms with Crippen molar-refractivity contribution in [3.63, 3.8) is 0 Å². The van der Waals surface area contributed by atoms with Crippen molar-refractivity contribution in [2.24, 2.45) is 4.99 Å². The topological polar surface area (TPSA) is 113 Å². The number of benzene rings is 2. The second kappa shape index (κ2) is 12.1. The van der Waals surface area contributed by atoms with Gasteiger partial charge in [0.05, 0.1) is 44.0 Å². The molecule has 2 aromatic heterocycles. The molecule has 3 heterocycles. The van der Waals surface area contributed by atoms with Crippen LogP contribution < -0.4 is 25.4 Å². The van der Waals surface area contributed by atoms with E-state index in [0.717, 1.165) is 39.2 Å². The molecule has 42 heavy (non-hydrogen) atoms. The summed E-state index contributed by atoms with van der Waals surface area (Å²) >= 11 is 0. The number of methoxy groups -OCH3 is 2. The van der Waals surface area contributed by atoms with Crippen LogP contribution >= 0.6 is 0 Å². The highest BCUT2D eigenvalue weighted by molar-refractivity contribution is 5.97. The molecule has 5 rings (SSSR count). The number of aromatic amines is 1. The van der Waals surface area contributed by atoms with Crippen molar-refractivity contribution in [3.05, 3.63) is 80.3 Å². The third kappa shape index (κ3) is 5.48. The van der Waals surface area contributed by atoms with E-state index in [9.17, 15) is 9.59 Å². The molecule has 1 aliphatic heterocycles. The number of ketones is 1. The Morgan fingerprint density at radius 2 is 1.81 bits per heavy atom. The number of H-pyrrole nitrogens is 1. The average molecular weight is 572 g/mol. The zero-order valence-corrected chi connectivity index (χ0v) is 25.0. The molecule has 0 amide bonds. The van der Waals surface area contributed by atoms with E-state index < -0.39 is 0 Å². The average Bonchev–Trinajstić information content (AvgIpc) is 3.45. The first-order valence-corrected chi connectivity index (χ1v) is 14.2. The Morgan fingerprint density at radius 3 is 2.50 bits per heavy atom. The van der Waals surface area contributed by atoms with E-state index in [0.29, 0.717) is 61.0 Å². The number of carbonyl (C=O) groups excluding carboxylic acids is 1. The van der Waals surface area contributed by atoms with Crippen LogP contribution in [0.15, 0.2) is 46.3 Å². The summed E-state index contributed by atoms with van der Waals surface area (Å²) in [6.45, 7) is 9.43. The number of rotatable bonds is 10. The normalized spacial score (nSPS) is 12.6. The molecule has 0 bridgehead atoms. The summed E-state index contributed by atoms with van der Waals surface area (Å²) in [4.78, 5) is 32.0. The first-order valence-electron chi connectivity index (χ1n) is 14.2. The van der Waals surface area contributed by atoms with Gasteiger partial charge in [-0.05, 0) is 69.4 Å². The summed E-state index contributed by atoms with van der Waals surface area (Å²) in [6.07, 6.45) is 2.82. The minimum atomic E-state index is -0.166. The molecule has 10 nitrogen and oxygen atoms in total. The van der Waals surface area contributed by atoms with Crippen molar-refractivity contribution in [2.45, 2.75) is 60.0 Å². The van der Waals surface area contributed by atoms with Gasteiger partial charge in [0.1, 0.15) is 5.49 Å². The molecule has 0 saturated carbocycles. The van der Waals surface area contributed by atoms with Crippen LogP contribution in [0, 0.1) is 20.8 Å². The van der Waals surface area contributed by atoms with Crippen molar-refractivity contribution in [3.8, 4) is 28.6 Å². The second-order valence-electron chi connectivity index (χ2n) is 10.5. The number of Topliss-reactive ketones (excluding diaryl/α,β-unsaturated/α-hetero) is 1. The van der Waals surface area contributed by atoms with Gasteiger partial charge in [-0.3, -0.25) is 13.9 Å². The fourth-order valence-corrected chi connectivity index (χ4v) is 5.70. The number of fused-ring (bicyclic) bond motifs is 3. The highest BCUT2D eigenvalue weighted by Crippen LogP contribution is 2.38. The van der Waals surface area contributed by atoms with Crippen molar-refractivity contribution in [1.82, 2.24) is 19.3 Å². The zero-order valence-electron chi connectivity index (χ0n) is 25.0. The van der Waals surface area contributed by atoms with Gasteiger partial charge in [0.2, 0.25) is 5.88 Å². The standard InChI is InChI=1S/C32H37N5O5/c1-7-42-28-15-22-10-12-36-25(23(22)16-27(28)40-5)17-29(34-30-20(3)13-19(2)14-21(30)4)37(32(36)39)11-8-9-26(38)24-18-33-35-31(24)41-6/h13-18H,7-12H2,1-6H3,(H,33,35). The minimum absolute atomic E-state index is 0.103. The first-order chi connectivity index (χ1) is 20.2. The van der Waals surface area contributed by atoms with Crippen LogP contribution in [-0.4, -0.2) is 45.9 Å². The van der Waals surface area contributed by atoms with Gasteiger partial charge in [-0.25, -0.2) is 14.9 Å². The van der Waals surface area contributed by atoms with E-state index in [2.05, 4.69) is 29.3 Å². The number of carbonyl (C=O) groups is 1. The van der Waals surface area contributed by atoms with Gasteiger partial charge >= 0.3 is 5.69 Å². The summed E-state index contributed by atoms with van der Waals surface area (Å²) < 4.78 is 20.1. The molecule has 1 N–H and O–H groups in total. The molecule has 4 aromatic rings. The number of nitrogens with one attached hydrogen (secondary N) is 1. The van der Waals surface area contributed by atoms with Crippen molar-refractivity contribution < 1.29 is 19.0 Å². The molecular weight excluding hydrogens is 534 g/mol. The van der Waals surface area contributed by atoms with Crippen LogP contribution in [-0.2, 0) is 19.5 Å². The highest BCUT2D eigenvalue weighted by Gasteiger charge is 2.23. The van der Waals surface area contributed by atoms with Gasteiger partial charge in [-0.2, -0.15) is 5.10 Å². The Morgan fingerprint density at radius 1 is 1.05 bits per heavy atom. The number of ether oxygens (including phenoxy) is 3. The lowest BCUT2D eigenvalue weighted by Crippen LogP contribution is -2.42. The van der Waals surface area contributed by atoms with E-state index in [1.807, 2.05) is 39.0 Å². The first kappa shape index (κ1) is 28.9. The number of hydrogen-bond donors (Lipinski definition) is 1. The molecule has 2 aromatic carbocycles. The molecule has 0 saturated heterocycles. The summed E-state index contributed by atoms with van der Waals surface area (Å²) in [6, 6.07) is 10.1. The van der Waals surface area contributed by atoms with Gasteiger partial charge in [-0.1, -0.05) is 17.7 Å². The molecule has 0 atom stereocenters. The van der Waals surface area contributed by atoms with Crippen LogP contribution in [0.4, 0.5) is 5.69 Å². The predicted octanol–water partition coefficient (Wildman–Crippen LogP) is 4.83. The van der Waals surface area contributed by atoms with Crippen LogP contribution in [0.5, 0.6) is 17.4 Å². The van der Waals surface area contributed by atoms with Crippen LogP contribution in [0.1, 0.15) is 52.4 Å². The van der Waals surface area contributed by atoms with Crippen LogP contribution in [0.3, 0.4) is 0 Å². The fourth-order valence-electron chi connectivity index (χ4n) is 5.70. The maximum absolute atomic E-state index is 14.1. The van der Waals surface area contributed by atoms with E-state index in [4.69, 9.17) is 19.2 Å². The number of nitrogens with zero attached hydrogens (tertiary/aromatic N) is 4. The van der Waals surface area contributed by atoms with Gasteiger partial charge in [0, 0.05) is 31.1 Å². The van der Waals surface area contributed by atoms with E-state index >= 15 is 0 Å². The lowest BCUT2D eigenvalue weighted by molar-refractivity contribution is 0.0975. The van der Waals surface area contributed by atoms with Gasteiger partial charge in [0.25, 0.3) is 0 Å². The Bertz CT molecular complexity index is 1760. The summed E-state index contributed by atoms with van der Waals surface area (Å²) in [5.74, 6) is 1.54. The molecule has 0 unspecified atom stereocenters. The third-order valence-electron chi connectivity index (χ3n) is 7.62. The lowest BCUT2D eigenvalue weighted by Gasteiger charge is -2.25. The summed E-state index contributed by atoms with van der Waals surface area (Å²) in [5.41, 5.74) is 7.60. The largest absolute Gasteiger partial charge is 0.493 e. The molecule has 0 fully saturated rings. The maximum Gasteiger partial charge on any atom is 0.330 e. The lowest BCUT2D eigenvalue weighted by atomic mass is 9.97. The Kier molecular flexibility index (Phi) is 8.33. The SMILES string of the molecule is CCOc1cc2c(cc1OC)-c1cc(=Nc3c(C)cc(C)cc3C)n(CCCC(=O)c3cn[nH]c3OC)c(=O)n1CC2.